The van der Waals surface area contributed by atoms with Crippen LogP contribution in [0.1, 0.15) is 16.0 Å². The number of rotatable bonds is 6. The standard InChI is InChI=1S/C22H17FN6OS2/c1-13-14(2)32-21(18(13)11-24)26-19(30)12-31-22-28-27-20(15-7-9-25-10-8-15)29(22)17-5-3-16(23)4-6-17/h3-10H,12H2,1-2H3,(H,26,30). The Morgan fingerprint density at radius 3 is 2.59 bits per heavy atom. The summed E-state index contributed by atoms with van der Waals surface area (Å²) in [6, 6.07) is 11.7. The van der Waals surface area contributed by atoms with E-state index >= 15 is 0 Å². The van der Waals surface area contributed by atoms with Crippen LogP contribution in [0, 0.1) is 31.0 Å². The largest absolute Gasteiger partial charge is 0.316 e. The first kappa shape index (κ1) is 21.7. The van der Waals surface area contributed by atoms with Crippen LogP contribution in [0.15, 0.2) is 53.9 Å². The molecule has 3 aromatic heterocycles. The zero-order valence-corrected chi connectivity index (χ0v) is 18.8. The predicted molar refractivity (Wildman–Crippen MR) is 122 cm³/mol. The molecule has 7 nitrogen and oxygen atoms in total. The SMILES string of the molecule is Cc1sc(NC(=O)CSc2nnc(-c3ccncc3)n2-c2ccc(F)cc2)c(C#N)c1C. The summed E-state index contributed by atoms with van der Waals surface area (Å²) in [5, 5.41) is 21.8. The Hall–Kier alpha value is -3.55. The zero-order chi connectivity index (χ0) is 22.7. The highest BCUT2D eigenvalue weighted by molar-refractivity contribution is 7.99. The smallest absolute Gasteiger partial charge is 0.235 e. The Balaban J connectivity index is 1.59. The molecule has 0 spiro atoms. The fourth-order valence-corrected chi connectivity index (χ4v) is 4.80. The van der Waals surface area contributed by atoms with Gasteiger partial charge in [0.25, 0.3) is 0 Å². The normalized spacial score (nSPS) is 10.7. The summed E-state index contributed by atoms with van der Waals surface area (Å²) in [7, 11) is 0. The monoisotopic (exact) mass is 464 g/mol. The average molecular weight is 465 g/mol. The highest BCUT2D eigenvalue weighted by atomic mass is 32.2. The lowest BCUT2D eigenvalue weighted by Gasteiger charge is -2.10. The molecule has 3 heterocycles. The second-order valence-electron chi connectivity index (χ2n) is 6.79. The van der Waals surface area contributed by atoms with Crippen LogP contribution < -0.4 is 5.32 Å². The van der Waals surface area contributed by atoms with E-state index in [1.807, 2.05) is 13.8 Å². The minimum atomic E-state index is -0.351. The highest BCUT2D eigenvalue weighted by Gasteiger charge is 2.19. The summed E-state index contributed by atoms with van der Waals surface area (Å²) in [6.45, 7) is 3.78. The molecular formula is C22H17FN6OS2. The topological polar surface area (TPSA) is 96.5 Å². The molecule has 0 saturated heterocycles. The first-order chi connectivity index (χ1) is 15.5. The van der Waals surface area contributed by atoms with Gasteiger partial charge < -0.3 is 5.32 Å². The van der Waals surface area contributed by atoms with E-state index in [0.717, 1.165) is 16.0 Å². The summed E-state index contributed by atoms with van der Waals surface area (Å²) in [4.78, 5) is 17.6. The van der Waals surface area contributed by atoms with Crippen molar-refractivity contribution in [2.24, 2.45) is 0 Å². The number of anilines is 1. The third kappa shape index (κ3) is 4.39. The Labute approximate surface area is 192 Å². The third-order valence-corrected chi connectivity index (χ3v) is 6.79. The number of hydrogen-bond acceptors (Lipinski definition) is 7. The molecule has 0 aliphatic carbocycles. The molecule has 10 heteroatoms. The number of nitrogens with one attached hydrogen (secondary N) is 1. The minimum absolute atomic E-state index is 0.0660. The minimum Gasteiger partial charge on any atom is -0.316 e. The van der Waals surface area contributed by atoms with Gasteiger partial charge >= 0.3 is 0 Å². The summed E-state index contributed by atoms with van der Waals surface area (Å²) in [6.07, 6.45) is 3.30. The lowest BCUT2D eigenvalue weighted by Crippen LogP contribution is -2.14. The molecule has 160 valence electrons. The Kier molecular flexibility index (Phi) is 6.30. The number of thiophene rings is 1. The number of halogens is 1. The van der Waals surface area contributed by atoms with E-state index < -0.39 is 0 Å². The number of nitrogens with zero attached hydrogens (tertiary/aromatic N) is 5. The van der Waals surface area contributed by atoms with Crippen LogP contribution in [0.5, 0.6) is 0 Å². The van der Waals surface area contributed by atoms with Crippen molar-refractivity contribution < 1.29 is 9.18 Å². The number of benzene rings is 1. The molecule has 0 saturated carbocycles. The number of carbonyl (C=O) groups is 1. The zero-order valence-electron chi connectivity index (χ0n) is 17.2. The van der Waals surface area contributed by atoms with Gasteiger partial charge in [0.15, 0.2) is 11.0 Å². The van der Waals surface area contributed by atoms with Gasteiger partial charge in [-0.25, -0.2) is 4.39 Å². The molecule has 0 aliphatic rings. The molecular weight excluding hydrogens is 447 g/mol. The van der Waals surface area contributed by atoms with Crippen LogP contribution in [-0.2, 0) is 4.79 Å². The van der Waals surface area contributed by atoms with Crippen molar-refractivity contribution in [1.82, 2.24) is 19.7 Å². The van der Waals surface area contributed by atoms with Gasteiger partial charge in [0, 0.05) is 28.5 Å². The summed E-state index contributed by atoms with van der Waals surface area (Å²) < 4.78 is 15.2. The van der Waals surface area contributed by atoms with Gasteiger partial charge in [0.2, 0.25) is 5.91 Å². The number of thioether (sulfide) groups is 1. The molecule has 0 atom stereocenters. The molecule has 4 rings (SSSR count). The Bertz CT molecular complexity index is 1310. The van der Waals surface area contributed by atoms with E-state index in [1.54, 1.807) is 41.2 Å². The number of hydrogen-bond donors (Lipinski definition) is 1. The van der Waals surface area contributed by atoms with Crippen LogP contribution >= 0.6 is 23.1 Å². The van der Waals surface area contributed by atoms with Crippen molar-refractivity contribution in [3.63, 3.8) is 0 Å². The van der Waals surface area contributed by atoms with Gasteiger partial charge in [0.05, 0.1) is 11.3 Å². The number of pyridine rings is 1. The molecule has 0 bridgehead atoms. The molecule has 32 heavy (non-hydrogen) atoms. The molecule has 1 N–H and O–H groups in total. The van der Waals surface area contributed by atoms with Gasteiger partial charge in [-0.3, -0.25) is 14.3 Å². The summed E-state index contributed by atoms with van der Waals surface area (Å²) >= 11 is 2.58. The van der Waals surface area contributed by atoms with Crippen molar-refractivity contribution in [2.45, 2.75) is 19.0 Å². The molecule has 4 aromatic rings. The van der Waals surface area contributed by atoms with Crippen molar-refractivity contribution in [2.75, 3.05) is 11.1 Å². The Morgan fingerprint density at radius 2 is 1.91 bits per heavy atom. The maximum Gasteiger partial charge on any atom is 0.235 e. The maximum atomic E-state index is 13.5. The third-order valence-electron chi connectivity index (χ3n) is 4.74. The summed E-state index contributed by atoms with van der Waals surface area (Å²) in [5.41, 5.74) is 2.82. The quantitative estimate of drug-likeness (QED) is 0.414. The molecule has 1 aromatic carbocycles. The molecule has 0 unspecified atom stereocenters. The second kappa shape index (κ2) is 9.30. The van der Waals surface area contributed by atoms with Crippen LogP contribution in [0.4, 0.5) is 9.39 Å². The van der Waals surface area contributed by atoms with Crippen molar-refractivity contribution in [3.8, 4) is 23.1 Å². The fraction of sp³-hybridized carbons (Fsp3) is 0.136. The van der Waals surface area contributed by atoms with Crippen molar-refractivity contribution >= 4 is 34.0 Å². The van der Waals surface area contributed by atoms with E-state index in [2.05, 4.69) is 26.6 Å². The van der Waals surface area contributed by atoms with Gasteiger partial charge in [-0.1, -0.05) is 11.8 Å². The van der Waals surface area contributed by atoms with Crippen molar-refractivity contribution in [1.29, 1.82) is 5.26 Å². The van der Waals surface area contributed by atoms with Gasteiger partial charge in [-0.05, 0) is 55.8 Å². The van der Waals surface area contributed by atoms with Crippen LogP contribution in [0.3, 0.4) is 0 Å². The van der Waals surface area contributed by atoms with Gasteiger partial charge in [0.1, 0.15) is 16.9 Å². The lowest BCUT2D eigenvalue weighted by molar-refractivity contribution is -0.113. The molecule has 0 aliphatic heterocycles. The fourth-order valence-electron chi connectivity index (χ4n) is 3.02. The first-order valence-electron chi connectivity index (χ1n) is 9.52. The van der Waals surface area contributed by atoms with Gasteiger partial charge in [-0.2, -0.15) is 5.26 Å². The van der Waals surface area contributed by atoms with Gasteiger partial charge in [-0.15, -0.1) is 21.5 Å². The maximum absolute atomic E-state index is 13.5. The lowest BCUT2D eigenvalue weighted by atomic mass is 10.2. The number of aryl methyl sites for hydroxylation is 1. The van der Waals surface area contributed by atoms with E-state index in [4.69, 9.17) is 0 Å². The molecule has 0 radical (unpaired) electrons. The number of aromatic nitrogens is 4. The van der Waals surface area contributed by atoms with Crippen LogP contribution in [0.2, 0.25) is 0 Å². The average Bonchev–Trinajstić information content (AvgIpc) is 3.34. The molecule has 1 amide bonds. The van der Waals surface area contributed by atoms with E-state index in [9.17, 15) is 14.4 Å². The van der Waals surface area contributed by atoms with Crippen LogP contribution in [-0.4, -0.2) is 31.4 Å². The van der Waals surface area contributed by atoms with E-state index in [1.165, 1.54) is 35.2 Å². The predicted octanol–water partition coefficient (Wildman–Crippen LogP) is 4.75. The summed E-state index contributed by atoms with van der Waals surface area (Å²) in [5.74, 6) is 0.0112. The Morgan fingerprint density at radius 1 is 1.19 bits per heavy atom. The van der Waals surface area contributed by atoms with Crippen molar-refractivity contribution in [3.05, 3.63) is 70.6 Å². The first-order valence-corrected chi connectivity index (χ1v) is 11.3. The second-order valence-corrected chi connectivity index (χ2v) is 8.96. The number of carbonyl (C=O) groups excluding carboxylic acids is 1. The van der Waals surface area contributed by atoms with E-state index in [0.29, 0.717) is 27.2 Å². The number of nitriles is 1. The number of amides is 1. The van der Waals surface area contributed by atoms with Crippen LogP contribution in [0.25, 0.3) is 17.1 Å². The highest BCUT2D eigenvalue weighted by Crippen LogP contribution is 2.32. The molecule has 0 fully saturated rings. The van der Waals surface area contributed by atoms with E-state index in [-0.39, 0.29) is 17.5 Å².